The van der Waals surface area contributed by atoms with Gasteiger partial charge in [0.25, 0.3) is 5.91 Å². The Morgan fingerprint density at radius 1 is 1.24 bits per heavy atom. The highest BCUT2D eigenvalue weighted by atomic mass is 16.5. The maximum atomic E-state index is 13.1. The van der Waals surface area contributed by atoms with E-state index in [2.05, 4.69) is 11.4 Å². The van der Waals surface area contributed by atoms with Crippen molar-refractivity contribution < 1.29 is 19.1 Å². The summed E-state index contributed by atoms with van der Waals surface area (Å²) < 4.78 is 5.13. The van der Waals surface area contributed by atoms with Crippen molar-refractivity contribution in [3.8, 4) is 11.8 Å². The molecule has 1 aliphatic heterocycles. The maximum Gasteiger partial charge on any atom is 0.325 e. The van der Waals surface area contributed by atoms with Crippen LogP contribution in [0, 0.1) is 11.3 Å². The summed E-state index contributed by atoms with van der Waals surface area (Å²) >= 11 is 0. The van der Waals surface area contributed by atoms with E-state index in [0.29, 0.717) is 24.2 Å². The largest absolute Gasteiger partial charge is 0.497 e. The van der Waals surface area contributed by atoms with Gasteiger partial charge in [0.1, 0.15) is 23.4 Å². The first-order chi connectivity index (χ1) is 13.8. The molecule has 3 rings (SSSR count). The smallest absolute Gasteiger partial charge is 0.325 e. The van der Waals surface area contributed by atoms with Crippen LogP contribution in [0.5, 0.6) is 5.75 Å². The standard InChI is InChI=1S/C21H26N4O4/c1-20(15-7-9-16(29-3)10-8-15)18(27)25(19(28)23-20)13-17(26)24(2)21(14-22)11-5-4-6-12-21/h7-10H,4-6,11-13H2,1-3H3,(H,23,28)/t20-/m0/s1. The number of amides is 4. The van der Waals surface area contributed by atoms with E-state index in [1.54, 1.807) is 45.3 Å². The van der Waals surface area contributed by atoms with E-state index in [1.807, 2.05) is 0 Å². The van der Waals surface area contributed by atoms with Crippen LogP contribution in [0.4, 0.5) is 4.79 Å². The van der Waals surface area contributed by atoms with E-state index in [-0.39, 0.29) is 0 Å². The van der Waals surface area contributed by atoms with E-state index >= 15 is 0 Å². The maximum absolute atomic E-state index is 13.1. The summed E-state index contributed by atoms with van der Waals surface area (Å²) in [7, 11) is 3.13. The quantitative estimate of drug-likeness (QED) is 0.766. The first-order valence-electron chi connectivity index (χ1n) is 9.74. The number of nitrogens with one attached hydrogen (secondary N) is 1. The Morgan fingerprint density at radius 2 is 1.86 bits per heavy atom. The molecule has 1 aliphatic carbocycles. The molecule has 1 aromatic carbocycles. The van der Waals surface area contributed by atoms with E-state index in [0.717, 1.165) is 24.2 Å². The Labute approximate surface area is 170 Å². The number of nitriles is 1. The summed E-state index contributed by atoms with van der Waals surface area (Å²) in [4.78, 5) is 40.8. The van der Waals surface area contributed by atoms with Crippen LogP contribution in [0.2, 0.25) is 0 Å². The van der Waals surface area contributed by atoms with E-state index in [1.165, 1.54) is 4.90 Å². The number of likely N-dealkylation sites (N-methyl/N-ethyl adjacent to an activating group) is 1. The summed E-state index contributed by atoms with van der Waals surface area (Å²) in [6.45, 7) is 1.22. The van der Waals surface area contributed by atoms with Gasteiger partial charge in [-0.25, -0.2) is 4.79 Å². The lowest BCUT2D eigenvalue weighted by Crippen LogP contribution is -2.53. The number of benzene rings is 1. The topological polar surface area (TPSA) is 103 Å². The SMILES string of the molecule is COc1ccc([C@]2(C)NC(=O)N(CC(=O)N(C)C3(C#N)CCCCC3)C2=O)cc1. The van der Waals surface area contributed by atoms with Crippen molar-refractivity contribution in [2.24, 2.45) is 0 Å². The van der Waals surface area contributed by atoms with Crippen LogP contribution in [0.3, 0.4) is 0 Å². The molecule has 8 heteroatoms. The number of rotatable bonds is 5. The Hall–Kier alpha value is -3.08. The van der Waals surface area contributed by atoms with Gasteiger partial charge in [-0.3, -0.25) is 14.5 Å². The molecule has 1 atom stereocenters. The van der Waals surface area contributed by atoms with Crippen LogP contribution in [-0.2, 0) is 15.1 Å². The second kappa shape index (κ2) is 7.74. The number of imide groups is 1. The first kappa shape index (κ1) is 20.6. The van der Waals surface area contributed by atoms with Gasteiger partial charge >= 0.3 is 6.03 Å². The molecule has 2 fully saturated rings. The van der Waals surface area contributed by atoms with Gasteiger partial charge in [-0.05, 0) is 37.5 Å². The molecule has 154 valence electrons. The highest BCUT2D eigenvalue weighted by Gasteiger charge is 2.50. The van der Waals surface area contributed by atoms with Crippen molar-refractivity contribution in [1.29, 1.82) is 5.26 Å². The van der Waals surface area contributed by atoms with Gasteiger partial charge in [0.2, 0.25) is 5.91 Å². The average Bonchev–Trinajstić information content (AvgIpc) is 2.97. The number of urea groups is 1. The number of methoxy groups -OCH3 is 1. The van der Waals surface area contributed by atoms with Crippen molar-refractivity contribution in [3.63, 3.8) is 0 Å². The zero-order valence-electron chi connectivity index (χ0n) is 17.0. The van der Waals surface area contributed by atoms with Crippen molar-refractivity contribution in [1.82, 2.24) is 15.1 Å². The van der Waals surface area contributed by atoms with Gasteiger partial charge in [-0.2, -0.15) is 5.26 Å². The molecule has 0 spiro atoms. The second-order valence-corrected chi connectivity index (χ2v) is 7.83. The highest BCUT2D eigenvalue weighted by molar-refractivity contribution is 6.09. The number of hydrogen-bond donors (Lipinski definition) is 1. The van der Waals surface area contributed by atoms with E-state index in [4.69, 9.17) is 4.74 Å². The normalized spacial score (nSPS) is 23.3. The van der Waals surface area contributed by atoms with Gasteiger partial charge in [0.15, 0.2) is 0 Å². The lowest BCUT2D eigenvalue weighted by Gasteiger charge is -2.39. The van der Waals surface area contributed by atoms with Crippen LogP contribution in [-0.4, -0.2) is 53.9 Å². The van der Waals surface area contributed by atoms with Crippen LogP contribution >= 0.6 is 0 Å². The van der Waals surface area contributed by atoms with Crippen LogP contribution in [0.1, 0.15) is 44.6 Å². The molecule has 1 N–H and O–H groups in total. The third-order valence-corrected chi connectivity index (χ3v) is 6.14. The molecule has 0 bridgehead atoms. The summed E-state index contributed by atoms with van der Waals surface area (Å²) in [5, 5.41) is 12.4. The number of ether oxygens (including phenoxy) is 1. The second-order valence-electron chi connectivity index (χ2n) is 7.83. The van der Waals surface area contributed by atoms with Crippen LogP contribution < -0.4 is 10.1 Å². The van der Waals surface area contributed by atoms with Crippen LogP contribution in [0.25, 0.3) is 0 Å². The number of carbonyl (C=O) groups excluding carboxylic acids is 3. The summed E-state index contributed by atoms with van der Waals surface area (Å²) in [6.07, 6.45) is 4.01. The van der Waals surface area contributed by atoms with Gasteiger partial charge < -0.3 is 15.0 Å². The molecule has 0 aromatic heterocycles. The zero-order valence-corrected chi connectivity index (χ0v) is 17.0. The number of carbonyl (C=O) groups is 3. The molecule has 1 heterocycles. The lowest BCUT2D eigenvalue weighted by atomic mass is 9.81. The minimum atomic E-state index is -1.26. The summed E-state index contributed by atoms with van der Waals surface area (Å²) in [6, 6.07) is 8.51. The van der Waals surface area contributed by atoms with Crippen molar-refractivity contribution in [3.05, 3.63) is 29.8 Å². The van der Waals surface area contributed by atoms with Gasteiger partial charge in [-0.1, -0.05) is 31.4 Å². The monoisotopic (exact) mass is 398 g/mol. The third kappa shape index (κ3) is 3.53. The molecule has 1 saturated heterocycles. The van der Waals surface area contributed by atoms with Gasteiger partial charge in [0, 0.05) is 7.05 Å². The first-order valence-corrected chi connectivity index (χ1v) is 9.74. The summed E-state index contributed by atoms with van der Waals surface area (Å²) in [5.74, 6) is -0.280. The predicted octanol–water partition coefficient (Wildman–Crippen LogP) is 2.15. The molecule has 1 aromatic rings. The molecule has 1 saturated carbocycles. The van der Waals surface area contributed by atoms with E-state index < -0.39 is 35.5 Å². The van der Waals surface area contributed by atoms with Crippen molar-refractivity contribution in [2.75, 3.05) is 20.7 Å². The molecular formula is C21H26N4O4. The third-order valence-electron chi connectivity index (χ3n) is 6.14. The fourth-order valence-electron chi connectivity index (χ4n) is 4.10. The average molecular weight is 398 g/mol. The van der Waals surface area contributed by atoms with Gasteiger partial charge in [-0.15, -0.1) is 0 Å². The van der Waals surface area contributed by atoms with Gasteiger partial charge in [0.05, 0.1) is 13.2 Å². The molecule has 0 radical (unpaired) electrons. The molecular weight excluding hydrogens is 372 g/mol. The predicted molar refractivity (Wildman–Crippen MR) is 105 cm³/mol. The number of nitrogens with zero attached hydrogens (tertiary/aromatic N) is 3. The number of hydrogen-bond acceptors (Lipinski definition) is 5. The highest BCUT2D eigenvalue weighted by Crippen LogP contribution is 2.33. The fourth-order valence-corrected chi connectivity index (χ4v) is 4.10. The fraction of sp³-hybridized carbons (Fsp3) is 0.524. The van der Waals surface area contributed by atoms with Crippen molar-refractivity contribution in [2.45, 2.75) is 50.1 Å². The Bertz CT molecular complexity index is 854. The van der Waals surface area contributed by atoms with Crippen molar-refractivity contribution >= 4 is 17.8 Å². The molecule has 4 amide bonds. The minimum absolute atomic E-state index is 0.393. The Balaban J connectivity index is 1.77. The molecule has 8 nitrogen and oxygen atoms in total. The molecule has 0 unspecified atom stereocenters. The summed E-state index contributed by atoms with van der Waals surface area (Å²) in [5.41, 5.74) is -1.53. The van der Waals surface area contributed by atoms with E-state index in [9.17, 15) is 19.6 Å². The molecule has 2 aliphatic rings. The Morgan fingerprint density at radius 3 is 2.41 bits per heavy atom. The minimum Gasteiger partial charge on any atom is -0.497 e. The Kier molecular flexibility index (Phi) is 5.51. The van der Waals surface area contributed by atoms with Crippen LogP contribution in [0.15, 0.2) is 24.3 Å². The molecule has 29 heavy (non-hydrogen) atoms. The lowest BCUT2D eigenvalue weighted by molar-refractivity contribution is -0.141. The zero-order chi connectivity index (χ0) is 21.2.